The van der Waals surface area contributed by atoms with Gasteiger partial charge in [0.25, 0.3) is 0 Å². The molecule has 0 heterocycles. The number of amides is 1. The van der Waals surface area contributed by atoms with Crippen molar-refractivity contribution >= 4 is 11.6 Å². The minimum atomic E-state index is -4.46. The molecule has 0 aromatic heterocycles. The van der Waals surface area contributed by atoms with Crippen LogP contribution in [0.5, 0.6) is 0 Å². The molecule has 0 aliphatic rings. The number of carbonyl (C=O) groups is 1. The van der Waals surface area contributed by atoms with Crippen LogP contribution in [0.1, 0.15) is 6.42 Å². The predicted molar refractivity (Wildman–Crippen MR) is 45.7 cm³/mol. The van der Waals surface area contributed by atoms with E-state index in [0.717, 1.165) is 0 Å². The number of rotatable bonds is 2. The maximum Gasteiger partial charge on any atom is 0.397 e. The summed E-state index contributed by atoms with van der Waals surface area (Å²) < 4.78 is 35.2. The van der Waals surface area contributed by atoms with E-state index in [9.17, 15) is 18.0 Å². The molecule has 2 nitrogen and oxygen atoms in total. The molecule has 0 fully saturated rings. The topological polar surface area (TPSA) is 29.1 Å². The Hall–Kier alpha value is -1.52. The number of anilines is 1. The molecular weight excluding hydrogens is 195 g/mol. The lowest BCUT2D eigenvalue weighted by Crippen LogP contribution is -2.21. The van der Waals surface area contributed by atoms with E-state index in [1.165, 1.54) is 12.1 Å². The number of nitrogens with one attached hydrogen (secondary N) is 1. The van der Waals surface area contributed by atoms with Crippen molar-refractivity contribution in [3.8, 4) is 0 Å². The number of carbonyl (C=O) groups excluding carboxylic acids is 1. The van der Waals surface area contributed by atoms with E-state index in [1.54, 1.807) is 18.2 Å². The van der Waals surface area contributed by atoms with Gasteiger partial charge in [-0.2, -0.15) is 13.2 Å². The van der Waals surface area contributed by atoms with Gasteiger partial charge in [-0.05, 0) is 12.1 Å². The summed E-state index contributed by atoms with van der Waals surface area (Å²) in [5.41, 5.74) is 0.363. The molecule has 0 unspecified atom stereocenters. The van der Waals surface area contributed by atoms with Crippen LogP contribution < -0.4 is 5.32 Å². The quantitative estimate of drug-likeness (QED) is 0.786. The molecule has 5 heteroatoms. The van der Waals surface area contributed by atoms with Crippen LogP contribution >= 0.6 is 0 Å². The molecule has 0 saturated heterocycles. The second kappa shape index (κ2) is 4.13. The Morgan fingerprint density at radius 2 is 1.79 bits per heavy atom. The Balaban J connectivity index is 2.50. The van der Waals surface area contributed by atoms with E-state index in [1.807, 2.05) is 0 Å². The highest BCUT2D eigenvalue weighted by Gasteiger charge is 2.31. The number of alkyl halides is 3. The van der Waals surface area contributed by atoms with Crippen LogP contribution in [0.15, 0.2) is 30.3 Å². The molecule has 1 rings (SSSR count). The zero-order chi connectivity index (χ0) is 10.6. The van der Waals surface area contributed by atoms with Gasteiger partial charge in [0, 0.05) is 5.69 Å². The fourth-order valence-corrected chi connectivity index (χ4v) is 0.909. The summed E-state index contributed by atoms with van der Waals surface area (Å²) in [7, 11) is 0. The van der Waals surface area contributed by atoms with Crippen LogP contribution in [0.3, 0.4) is 0 Å². The van der Waals surface area contributed by atoms with Crippen LogP contribution in [0.4, 0.5) is 18.9 Å². The van der Waals surface area contributed by atoms with Gasteiger partial charge in [-0.15, -0.1) is 0 Å². The first-order chi connectivity index (χ1) is 6.47. The smallest absolute Gasteiger partial charge is 0.326 e. The molecule has 1 aromatic carbocycles. The van der Waals surface area contributed by atoms with Crippen molar-refractivity contribution in [2.24, 2.45) is 0 Å². The third-order valence-corrected chi connectivity index (χ3v) is 1.42. The second-order valence-corrected chi connectivity index (χ2v) is 2.71. The Labute approximate surface area is 78.7 Å². The molecule has 0 bridgehead atoms. The molecule has 0 saturated carbocycles. The van der Waals surface area contributed by atoms with Gasteiger partial charge in [-0.25, -0.2) is 0 Å². The first-order valence-corrected chi connectivity index (χ1v) is 3.89. The molecule has 1 N–H and O–H groups in total. The van der Waals surface area contributed by atoms with Gasteiger partial charge in [0.1, 0.15) is 6.42 Å². The molecule has 1 aromatic rings. The maximum atomic E-state index is 11.7. The van der Waals surface area contributed by atoms with E-state index in [0.29, 0.717) is 5.69 Å². The van der Waals surface area contributed by atoms with E-state index in [4.69, 9.17) is 0 Å². The first-order valence-electron chi connectivity index (χ1n) is 3.89. The highest BCUT2D eigenvalue weighted by atomic mass is 19.4. The van der Waals surface area contributed by atoms with Crippen molar-refractivity contribution in [1.82, 2.24) is 0 Å². The third-order valence-electron chi connectivity index (χ3n) is 1.42. The van der Waals surface area contributed by atoms with Gasteiger partial charge in [0.15, 0.2) is 0 Å². The predicted octanol–water partition coefficient (Wildman–Crippen LogP) is 2.58. The molecule has 0 spiro atoms. The van der Waals surface area contributed by atoms with Crippen molar-refractivity contribution in [2.45, 2.75) is 12.6 Å². The fraction of sp³-hybridized carbons (Fsp3) is 0.222. The summed E-state index contributed by atoms with van der Waals surface area (Å²) in [5.74, 6) is -1.05. The number of hydrogen-bond acceptors (Lipinski definition) is 1. The number of benzene rings is 1. The van der Waals surface area contributed by atoms with Crippen LogP contribution in [-0.2, 0) is 4.79 Å². The summed E-state index contributed by atoms with van der Waals surface area (Å²) in [4.78, 5) is 10.8. The third kappa shape index (κ3) is 3.93. The van der Waals surface area contributed by atoms with Gasteiger partial charge < -0.3 is 5.32 Å². The molecule has 0 aliphatic heterocycles. The Bertz CT molecular complexity index is 308. The van der Waals surface area contributed by atoms with E-state index >= 15 is 0 Å². The average Bonchev–Trinajstić information content (AvgIpc) is 2.02. The van der Waals surface area contributed by atoms with Gasteiger partial charge in [0.05, 0.1) is 0 Å². The van der Waals surface area contributed by atoms with Gasteiger partial charge >= 0.3 is 6.18 Å². The van der Waals surface area contributed by atoms with E-state index in [-0.39, 0.29) is 0 Å². The van der Waals surface area contributed by atoms with Crippen LogP contribution in [0.2, 0.25) is 0 Å². The standard InChI is InChI=1S/C9H8F3NO/c10-9(11,12)6-8(14)13-7-4-2-1-3-5-7/h1-5H,6H2,(H,13,14). The van der Waals surface area contributed by atoms with Crippen molar-refractivity contribution in [2.75, 3.05) is 5.32 Å². The lowest BCUT2D eigenvalue weighted by molar-refractivity contribution is -0.150. The van der Waals surface area contributed by atoms with Crippen LogP contribution in [0, 0.1) is 0 Å². The molecular formula is C9H8F3NO. The van der Waals surface area contributed by atoms with Crippen LogP contribution in [-0.4, -0.2) is 12.1 Å². The lowest BCUT2D eigenvalue weighted by atomic mass is 10.3. The summed E-state index contributed by atoms with van der Waals surface area (Å²) >= 11 is 0. The van der Waals surface area contributed by atoms with Crippen molar-refractivity contribution in [1.29, 1.82) is 0 Å². The Morgan fingerprint density at radius 1 is 1.21 bits per heavy atom. The van der Waals surface area contributed by atoms with E-state index in [2.05, 4.69) is 5.32 Å². The molecule has 0 radical (unpaired) electrons. The Kier molecular flexibility index (Phi) is 3.11. The second-order valence-electron chi connectivity index (χ2n) is 2.71. The van der Waals surface area contributed by atoms with Crippen molar-refractivity contribution in [3.63, 3.8) is 0 Å². The number of halogens is 3. The highest BCUT2D eigenvalue weighted by molar-refractivity contribution is 5.91. The summed E-state index contributed by atoms with van der Waals surface area (Å²) in [6, 6.07) is 8.01. The molecule has 1 amide bonds. The minimum absolute atomic E-state index is 0.363. The SMILES string of the molecule is O=C(CC(F)(F)F)Nc1ccccc1. The Morgan fingerprint density at radius 3 is 2.29 bits per heavy atom. The first kappa shape index (κ1) is 10.6. The summed E-state index contributed by atoms with van der Waals surface area (Å²) in [6.45, 7) is 0. The molecule has 0 aliphatic carbocycles. The zero-order valence-corrected chi connectivity index (χ0v) is 7.14. The summed E-state index contributed by atoms with van der Waals surface area (Å²) in [5, 5.41) is 2.14. The van der Waals surface area contributed by atoms with Crippen LogP contribution in [0.25, 0.3) is 0 Å². The zero-order valence-electron chi connectivity index (χ0n) is 7.14. The minimum Gasteiger partial charge on any atom is -0.326 e. The molecule has 0 atom stereocenters. The van der Waals surface area contributed by atoms with Gasteiger partial charge in [-0.1, -0.05) is 18.2 Å². The maximum absolute atomic E-state index is 11.7. The lowest BCUT2D eigenvalue weighted by Gasteiger charge is -2.06. The normalized spacial score (nSPS) is 11.1. The number of para-hydroxylation sites is 1. The largest absolute Gasteiger partial charge is 0.397 e. The molecule has 76 valence electrons. The highest BCUT2D eigenvalue weighted by Crippen LogP contribution is 2.20. The van der Waals surface area contributed by atoms with E-state index < -0.39 is 18.5 Å². The van der Waals surface area contributed by atoms with Crippen molar-refractivity contribution in [3.05, 3.63) is 30.3 Å². The monoisotopic (exact) mass is 203 g/mol. The summed E-state index contributed by atoms with van der Waals surface area (Å²) in [6.07, 6.45) is -5.92. The van der Waals surface area contributed by atoms with Gasteiger partial charge in [0.2, 0.25) is 5.91 Å². The van der Waals surface area contributed by atoms with Gasteiger partial charge in [-0.3, -0.25) is 4.79 Å². The fourth-order valence-electron chi connectivity index (χ4n) is 0.909. The average molecular weight is 203 g/mol. The van der Waals surface area contributed by atoms with Crippen molar-refractivity contribution < 1.29 is 18.0 Å². The molecule has 14 heavy (non-hydrogen) atoms. The number of hydrogen-bond donors (Lipinski definition) is 1.